The summed E-state index contributed by atoms with van der Waals surface area (Å²) in [7, 11) is 0. The molecule has 0 radical (unpaired) electrons. The molecule has 172 valence electrons. The molecule has 8 nitrogen and oxygen atoms in total. The number of rotatable bonds is 7. The van der Waals surface area contributed by atoms with Gasteiger partial charge < -0.3 is 25.6 Å². The van der Waals surface area contributed by atoms with Crippen LogP contribution in [0.2, 0.25) is 0 Å². The second-order valence-corrected chi connectivity index (χ2v) is 9.84. The molecule has 0 bridgehead atoms. The van der Waals surface area contributed by atoms with Crippen LogP contribution >= 0.6 is 11.3 Å². The average molecular weight is 451 g/mol. The largest absolute Gasteiger partial charge is 0.449 e. The van der Waals surface area contributed by atoms with Crippen molar-refractivity contribution in [3.8, 4) is 0 Å². The normalized spacial score (nSPS) is 17.2. The fraction of sp³-hybridized carbons (Fsp3) is 0.682. The van der Waals surface area contributed by atoms with Crippen LogP contribution in [0, 0.1) is 5.92 Å². The SMILES string of the molecule is CC(C)COC(=O)N1CCCN(CCC(=O)Nc2sc3c(c2C(N)=O)CCCC3)CC1. The third-order valence-corrected chi connectivity index (χ3v) is 6.92. The molecule has 1 fully saturated rings. The quantitative estimate of drug-likeness (QED) is 0.665. The van der Waals surface area contributed by atoms with Crippen molar-refractivity contribution in [3.05, 3.63) is 16.0 Å². The number of amides is 3. The van der Waals surface area contributed by atoms with Crippen LogP contribution < -0.4 is 11.1 Å². The number of ether oxygens (including phenoxy) is 1. The van der Waals surface area contributed by atoms with Gasteiger partial charge in [0, 0.05) is 37.5 Å². The number of nitrogens with zero attached hydrogens (tertiary/aromatic N) is 2. The predicted octanol–water partition coefficient (Wildman–Crippen LogP) is 2.85. The molecule has 3 rings (SSSR count). The Labute approximate surface area is 188 Å². The Bertz CT molecular complexity index is 808. The van der Waals surface area contributed by atoms with Crippen molar-refractivity contribution in [2.24, 2.45) is 11.7 Å². The topological polar surface area (TPSA) is 105 Å². The number of hydrogen-bond donors (Lipinski definition) is 2. The Balaban J connectivity index is 1.49. The molecular formula is C22H34N4O4S. The molecule has 1 saturated heterocycles. The molecule has 0 saturated carbocycles. The van der Waals surface area contributed by atoms with Gasteiger partial charge in [-0.3, -0.25) is 9.59 Å². The van der Waals surface area contributed by atoms with Gasteiger partial charge in [-0.05, 0) is 50.1 Å². The first-order valence-corrected chi connectivity index (χ1v) is 12.0. The van der Waals surface area contributed by atoms with Crippen molar-refractivity contribution >= 4 is 34.2 Å². The van der Waals surface area contributed by atoms with Gasteiger partial charge in [0.25, 0.3) is 5.91 Å². The molecule has 2 heterocycles. The number of fused-ring (bicyclic) bond motifs is 1. The molecule has 1 aliphatic carbocycles. The molecule has 1 aliphatic heterocycles. The molecule has 1 aromatic heterocycles. The van der Waals surface area contributed by atoms with E-state index in [-0.39, 0.29) is 12.0 Å². The summed E-state index contributed by atoms with van der Waals surface area (Å²) in [5.41, 5.74) is 7.13. The standard InChI is InChI=1S/C22H34N4O4S/c1-15(2)14-30-22(29)26-10-5-9-25(12-13-26)11-8-18(27)24-21-19(20(23)28)16-6-3-4-7-17(16)31-21/h15H,3-14H2,1-2H3,(H2,23,28)(H,24,27). The number of carbonyl (C=O) groups is 3. The van der Waals surface area contributed by atoms with E-state index in [2.05, 4.69) is 10.2 Å². The minimum Gasteiger partial charge on any atom is -0.449 e. The van der Waals surface area contributed by atoms with Crippen LogP contribution in [0.3, 0.4) is 0 Å². The maximum absolute atomic E-state index is 12.6. The molecule has 2 aliphatic rings. The Kier molecular flexibility index (Phi) is 8.31. The number of nitrogens with one attached hydrogen (secondary N) is 1. The summed E-state index contributed by atoms with van der Waals surface area (Å²) < 4.78 is 5.33. The molecule has 0 spiro atoms. The second-order valence-electron chi connectivity index (χ2n) is 8.73. The highest BCUT2D eigenvalue weighted by Crippen LogP contribution is 2.37. The van der Waals surface area contributed by atoms with E-state index in [1.54, 1.807) is 4.90 Å². The molecule has 3 N–H and O–H groups in total. The first kappa shape index (κ1) is 23.5. The Morgan fingerprint density at radius 1 is 1.10 bits per heavy atom. The van der Waals surface area contributed by atoms with Crippen molar-refractivity contribution in [3.63, 3.8) is 0 Å². The van der Waals surface area contributed by atoms with Gasteiger partial charge in [0.05, 0.1) is 12.2 Å². The monoisotopic (exact) mass is 450 g/mol. The summed E-state index contributed by atoms with van der Waals surface area (Å²) in [6, 6.07) is 0. The van der Waals surface area contributed by atoms with Crippen molar-refractivity contribution in [1.29, 1.82) is 0 Å². The number of aryl methyl sites for hydroxylation is 1. The Morgan fingerprint density at radius 2 is 1.87 bits per heavy atom. The zero-order valence-corrected chi connectivity index (χ0v) is 19.4. The van der Waals surface area contributed by atoms with Crippen molar-refractivity contribution in [1.82, 2.24) is 9.80 Å². The average Bonchev–Trinajstić information content (AvgIpc) is 2.92. The zero-order valence-electron chi connectivity index (χ0n) is 18.6. The van der Waals surface area contributed by atoms with E-state index < -0.39 is 5.91 Å². The van der Waals surface area contributed by atoms with E-state index in [0.717, 1.165) is 44.2 Å². The van der Waals surface area contributed by atoms with E-state index in [9.17, 15) is 14.4 Å². The molecule has 9 heteroatoms. The van der Waals surface area contributed by atoms with Crippen LogP contribution in [-0.2, 0) is 22.4 Å². The molecule has 0 aromatic carbocycles. The van der Waals surface area contributed by atoms with E-state index in [4.69, 9.17) is 10.5 Å². The van der Waals surface area contributed by atoms with Crippen molar-refractivity contribution < 1.29 is 19.1 Å². The van der Waals surface area contributed by atoms with E-state index in [1.807, 2.05) is 13.8 Å². The van der Waals surface area contributed by atoms with Crippen LogP contribution in [0.4, 0.5) is 9.80 Å². The Morgan fingerprint density at radius 3 is 2.61 bits per heavy atom. The molecule has 0 unspecified atom stereocenters. The van der Waals surface area contributed by atoms with Crippen molar-refractivity contribution in [2.75, 3.05) is 44.6 Å². The minimum atomic E-state index is -0.466. The first-order chi connectivity index (χ1) is 14.8. The summed E-state index contributed by atoms with van der Waals surface area (Å²) in [5.74, 6) is -0.264. The molecule has 31 heavy (non-hydrogen) atoms. The molecule has 0 atom stereocenters. The van der Waals surface area contributed by atoms with Gasteiger partial charge in [0.1, 0.15) is 5.00 Å². The van der Waals surface area contributed by atoms with Crippen LogP contribution in [0.1, 0.15) is 60.3 Å². The lowest BCUT2D eigenvalue weighted by molar-refractivity contribution is -0.116. The molecular weight excluding hydrogens is 416 g/mol. The number of hydrogen-bond acceptors (Lipinski definition) is 6. The highest BCUT2D eigenvalue weighted by atomic mass is 32.1. The predicted molar refractivity (Wildman–Crippen MR) is 122 cm³/mol. The summed E-state index contributed by atoms with van der Waals surface area (Å²) >= 11 is 1.49. The van der Waals surface area contributed by atoms with E-state index >= 15 is 0 Å². The van der Waals surface area contributed by atoms with Gasteiger partial charge in [0.15, 0.2) is 0 Å². The van der Waals surface area contributed by atoms with Gasteiger partial charge in [0.2, 0.25) is 5.91 Å². The van der Waals surface area contributed by atoms with Crippen LogP contribution in [0.25, 0.3) is 0 Å². The fourth-order valence-electron chi connectivity index (χ4n) is 4.07. The maximum Gasteiger partial charge on any atom is 0.409 e. The van der Waals surface area contributed by atoms with Crippen molar-refractivity contribution in [2.45, 2.75) is 52.4 Å². The summed E-state index contributed by atoms with van der Waals surface area (Å²) in [6.45, 7) is 7.88. The van der Waals surface area contributed by atoms with Gasteiger partial charge in [-0.2, -0.15) is 0 Å². The summed E-state index contributed by atoms with van der Waals surface area (Å²) in [5, 5.41) is 3.52. The number of anilines is 1. The lowest BCUT2D eigenvalue weighted by Gasteiger charge is -2.22. The van der Waals surface area contributed by atoms with Gasteiger partial charge in [-0.15, -0.1) is 11.3 Å². The Hall–Kier alpha value is -2.13. The van der Waals surface area contributed by atoms with Crippen LogP contribution in [0.5, 0.6) is 0 Å². The lowest BCUT2D eigenvalue weighted by Crippen LogP contribution is -2.36. The highest BCUT2D eigenvalue weighted by Gasteiger charge is 2.25. The van der Waals surface area contributed by atoms with E-state index in [1.165, 1.54) is 16.2 Å². The first-order valence-electron chi connectivity index (χ1n) is 11.2. The van der Waals surface area contributed by atoms with Crippen LogP contribution in [-0.4, -0.2) is 67.0 Å². The zero-order chi connectivity index (χ0) is 22.4. The van der Waals surface area contributed by atoms with Gasteiger partial charge >= 0.3 is 6.09 Å². The lowest BCUT2D eigenvalue weighted by atomic mass is 9.95. The van der Waals surface area contributed by atoms with Gasteiger partial charge in [-0.1, -0.05) is 13.8 Å². The minimum absolute atomic E-state index is 0.112. The molecule has 3 amide bonds. The highest BCUT2D eigenvalue weighted by molar-refractivity contribution is 7.17. The third-order valence-electron chi connectivity index (χ3n) is 5.71. The number of thiophene rings is 1. The number of primary amides is 1. The summed E-state index contributed by atoms with van der Waals surface area (Å²) in [4.78, 5) is 41.9. The maximum atomic E-state index is 12.6. The number of nitrogens with two attached hydrogens (primary N) is 1. The molecule has 1 aromatic rings. The van der Waals surface area contributed by atoms with Gasteiger partial charge in [-0.25, -0.2) is 4.79 Å². The van der Waals surface area contributed by atoms with E-state index in [0.29, 0.717) is 55.7 Å². The second kappa shape index (κ2) is 10.9. The fourth-order valence-corrected chi connectivity index (χ4v) is 5.38. The van der Waals surface area contributed by atoms with Crippen LogP contribution in [0.15, 0.2) is 0 Å². The smallest absolute Gasteiger partial charge is 0.409 e. The number of carbonyl (C=O) groups excluding carboxylic acids is 3. The summed E-state index contributed by atoms with van der Waals surface area (Å²) in [6.07, 6.45) is 4.88. The third kappa shape index (κ3) is 6.43.